The number of ether oxygens (including phenoxy) is 1. The maximum atomic E-state index is 12.8. The summed E-state index contributed by atoms with van der Waals surface area (Å²) in [7, 11) is -3.48. The Morgan fingerprint density at radius 1 is 1.19 bits per heavy atom. The van der Waals surface area contributed by atoms with Gasteiger partial charge in [0.15, 0.2) is 0 Å². The van der Waals surface area contributed by atoms with Crippen LogP contribution in [0.2, 0.25) is 0 Å². The van der Waals surface area contributed by atoms with Crippen molar-refractivity contribution in [3.05, 3.63) is 29.8 Å². The van der Waals surface area contributed by atoms with Crippen molar-refractivity contribution in [1.29, 1.82) is 0 Å². The predicted octanol–water partition coefficient (Wildman–Crippen LogP) is 1.52. The molecule has 2 aliphatic heterocycles. The van der Waals surface area contributed by atoms with Crippen LogP contribution in [0.1, 0.15) is 18.4 Å². The van der Waals surface area contributed by atoms with E-state index in [9.17, 15) is 8.42 Å². The highest BCUT2D eigenvalue weighted by molar-refractivity contribution is 7.89. The Morgan fingerprint density at radius 2 is 1.81 bits per heavy atom. The summed E-state index contributed by atoms with van der Waals surface area (Å²) >= 11 is 0. The minimum Gasteiger partial charge on any atom is -0.358 e. The third-order valence-corrected chi connectivity index (χ3v) is 6.08. The summed E-state index contributed by atoms with van der Waals surface area (Å²) in [5.41, 5.74) is 0.410. The van der Waals surface area contributed by atoms with E-state index in [1.165, 1.54) is 0 Å². The van der Waals surface area contributed by atoms with E-state index in [4.69, 9.17) is 4.74 Å². The zero-order chi connectivity index (χ0) is 14.2. The molecular weight excluding hydrogens is 312 g/mol. The van der Waals surface area contributed by atoms with Gasteiger partial charge in [-0.1, -0.05) is 17.7 Å². The maximum Gasteiger partial charge on any atom is 0.245 e. The largest absolute Gasteiger partial charge is 0.358 e. The SMILES string of the molecule is Cc1ccc(S(=O)(=O)N2CCOC23CCNCC3)cc1.Cl. The standard InChI is InChI=1S/C14H20N2O3S.ClH/c1-12-2-4-13(5-3-12)20(17,18)16-10-11-19-14(16)6-8-15-9-7-14;/h2-5,15H,6-11H2,1H3;1H. The average Bonchev–Trinajstić information content (AvgIpc) is 2.84. The van der Waals surface area contributed by atoms with Gasteiger partial charge in [0.25, 0.3) is 0 Å². The molecule has 0 saturated carbocycles. The molecule has 7 heteroatoms. The van der Waals surface area contributed by atoms with Gasteiger partial charge in [0, 0.05) is 19.4 Å². The summed E-state index contributed by atoms with van der Waals surface area (Å²) in [6.45, 7) is 4.45. The van der Waals surface area contributed by atoms with Crippen LogP contribution in [-0.4, -0.2) is 44.7 Å². The second-order valence-electron chi connectivity index (χ2n) is 5.43. The molecule has 3 rings (SSSR count). The Balaban J connectivity index is 0.00000161. The van der Waals surface area contributed by atoms with Crippen LogP contribution < -0.4 is 5.32 Å². The molecule has 0 aliphatic carbocycles. The van der Waals surface area contributed by atoms with Crippen molar-refractivity contribution in [3.8, 4) is 0 Å². The first-order chi connectivity index (χ1) is 9.55. The summed E-state index contributed by atoms with van der Waals surface area (Å²) in [5, 5.41) is 3.25. The Labute approximate surface area is 132 Å². The van der Waals surface area contributed by atoms with Crippen molar-refractivity contribution < 1.29 is 13.2 Å². The number of hydrogen-bond acceptors (Lipinski definition) is 4. The molecular formula is C14H21ClN2O3S. The van der Waals surface area contributed by atoms with Gasteiger partial charge >= 0.3 is 0 Å². The van der Waals surface area contributed by atoms with Crippen LogP contribution in [0.25, 0.3) is 0 Å². The topological polar surface area (TPSA) is 58.6 Å². The fourth-order valence-electron chi connectivity index (χ4n) is 2.98. The van der Waals surface area contributed by atoms with E-state index in [-0.39, 0.29) is 12.4 Å². The molecule has 2 aliphatic rings. The molecule has 0 bridgehead atoms. The highest BCUT2D eigenvalue weighted by Crippen LogP contribution is 2.36. The molecule has 0 unspecified atom stereocenters. The molecule has 1 aromatic rings. The van der Waals surface area contributed by atoms with Gasteiger partial charge in [-0.3, -0.25) is 0 Å². The Bertz CT molecular complexity index is 583. The lowest BCUT2D eigenvalue weighted by Crippen LogP contribution is -2.53. The highest BCUT2D eigenvalue weighted by Gasteiger charge is 2.49. The molecule has 0 radical (unpaired) electrons. The van der Waals surface area contributed by atoms with Gasteiger partial charge in [0.1, 0.15) is 5.72 Å². The van der Waals surface area contributed by atoms with Gasteiger partial charge in [0.2, 0.25) is 10.0 Å². The highest BCUT2D eigenvalue weighted by atomic mass is 35.5. The Hall–Kier alpha value is -0.660. The lowest BCUT2D eigenvalue weighted by atomic mass is 10.0. The normalized spacial score (nSPS) is 22.1. The van der Waals surface area contributed by atoms with Crippen LogP contribution in [0.15, 0.2) is 29.2 Å². The number of halogens is 1. The van der Waals surface area contributed by atoms with Crippen molar-refractivity contribution >= 4 is 22.4 Å². The second kappa shape index (κ2) is 6.22. The molecule has 1 spiro atoms. The van der Waals surface area contributed by atoms with Gasteiger partial charge in [-0.25, -0.2) is 8.42 Å². The molecule has 0 amide bonds. The van der Waals surface area contributed by atoms with Crippen LogP contribution in [0, 0.1) is 6.92 Å². The predicted molar refractivity (Wildman–Crippen MR) is 83.1 cm³/mol. The van der Waals surface area contributed by atoms with E-state index in [2.05, 4.69) is 5.32 Å². The molecule has 2 heterocycles. The summed E-state index contributed by atoms with van der Waals surface area (Å²) in [5.74, 6) is 0. The quantitative estimate of drug-likeness (QED) is 0.892. The van der Waals surface area contributed by atoms with Crippen LogP contribution in [-0.2, 0) is 14.8 Å². The number of benzene rings is 1. The van der Waals surface area contributed by atoms with E-state index in [1.807, 2.05) is 19.1 Å². The van der Waals surface area contributed by atoms with Crippen LogP contribution in [0.4, 0.5) is 0 Å². The fourth-order valence-corrected chi connectivity index (χ4v) is 4.70. The second-order valence-corrected chi connectivity index (χ2v) is 7.30. The van der Waals surface area contributed by atoms with Gasteiger partial charge in [-0.05, 0) is 32.1 Å². The maximum absolute atomic E-state index is 12.8. The van der Waals surface area contributed by atoms with Gasteiger partial charge < -0.3 is 10.1 Å². The van der Waals surface area contributed by atoms with Crippen LogP contribution >= 0.6 is 12.4 Å². The van der Waals surface area contributed by atoms with Crippen LogP contribution in [0.3, 0.4) is 0 Å². The minimum absolute atomic E-state index is 0. The van der Waals surface area contributed by atoms with Crippen molar-refractivity contribution in [2.24, 2.45) is 0 Å². The van der Waals surface area contributed by atoms with E-state index < -0.39 is 15.7 Å². The molecule has 0 atom stereocenters. The molecule has 1 aromatic carbocycles. The third kappa shape index (κ3) is 2.96. The number of piperidine rings is 1. The van der Waals surface area contributed by atoms with Gasteiger partial charge in [-0.15, -0.1) is 12.4 Å². The van der Waals surface area contributed by atoms with Crippen molar-refractivity contribution in [2.75, 3.05) is 26.2 Å². The van der Waals surface area contributed by atoms with E-state index in [1.54, 1.807) is 16.4 Å². The summed E-state index contributed by atoms with van der Waals surface area (Å²) < 4.78 is 33.1. The van der Waals surface area contributed by atoms with Crippen molar-refractivity contribution in [1.82, 2.24) is 9.62 Å². The van der Waals surface area contributed by atoms with Gasteiger partial charge in [0.05, 0.1) is 11.5 Å². The summed E-state index contributed by atoms with van der Waals surface area (Å²) in [6.07, 6.45) is 1.41. The lowest BCUT2D eigenvalue weighted by molar-refractivity contribution is -0.0704. The Kier molecular flexibility index (Phi) is 4.95. The monoisotopic (exact) mass is 332 g/mol. The molecule has 1 N–H and O–H groups in total. The summed E-state index contributed by atoms with van der Waals surface area (Å²) in [6, 6.07) is 7.02. The lowest BCUT2D eigenvalue weighted by Gasteiger charge is -2.39. The third-order valence-electron chi connectivity index (χ3n) is 4.11. The average molecular weight is 333 g/mol. The number of hydrogen-bond donors (Lipinski definition) is 1. The van der Waals surface area contributed by atoms with E-state index in [0.717, 1.165) is 18.7 Å². The number of nitrogens with zero attached hydrogens (tertiary/aromatic N) is 1. The first-order valence-corrected chi connectivity index (χ1v) is 8.43. The zero-order valence-electron chi connectivity index (χ0n) is 12.0. The molecule has 21 heavy (non-hydrogen) atoms. The van der Waals surface area contributed by atoms with E-state index >= 15 is 0 Å². The number of nitrogens with one attached hydrogen (secondary N) is 1. The summed E-state index contributed by atoms with van der Waals surface area (Å²) in [4.78, 5) is 0.353. The first-order valence-electron chi connectivity index (χ1n) is 6.99. The number of aryl methyl sites for hydroxylation is 1. The van der Waals surface area contributed by atoms with E-state index in [0.29, 0.717) is 30.9 Å². The molecule has 118 valence electrons. The van der Waals surface area contributed by atoms with Gasteiger partial charge in [-0.2, -0.15) is 4.31 Å². The molecule has 0 aromatic heterocycles. The van der Waals surface area contributed by atoms with Crippen molar-refractivity contribution in [3.63, 3.8) is 0 Å². The molecule has 2 fully saturated rings. The minimum atomic E-state index is -3.48. The van der Waals surface area contributed by atoms with Crippen LogP contribution in [0.5, 0.6) is 0 Å². The molecule has 2 saturated heterocycles. The first kappa shape index (κ1) is 16.7. The zero-order valence-corrected chi connectivity index (χ0v) is 13.7. The number of rotatable bonds is 2. The Morgan fingerprint density at radius 3 is 2.43 bits per heavy atom. The molecule has 5 nitrogen and oxygen atoms in total. The smallest absolute Gasteiger partial charge is 0.245 e. The number of sulfonamides is 1. The fraction of sp³-hybridized carbons (Fsp3) is 0.571. The van der Waals surface area contributed by atoms with Crippen molar-refractivity contribution in [2.45, 2.75) is 30.4 Å².